The molecular weight excluding hydrogens is 300 g/mol. The minimum absolute atomic E-state index is 0.0698. The molecule has 0 bridgehead atoms. The number of anilines is 1. The Morgan fingerprint density at radius 3 is 2.78 bits per heavy atom. The molecule has 0 fully saturated rings. The van der Waals surface area contributed by atoms with Gasteiger partial charge in [-0.05, 0) is 22.4 Å². The molecule has 1 heterocycles. The van der Waals surface area contributed by atoms with Crippen molar-refractivity contribution in [1.29, 1.82) is 0 Å². The minimum atomic E-state index is -0.195. The summed E-state index contributed by atoms with van der Waals surface area (Å²) in [5.74, 6) is -0.0698. The van der Waals surface area contributed by atoms with Gasteiger partial charge >= 0.3 is 0 Å². The van der Waals surface area contributed by atoms with Crippen molar-refractivity contribution in [3.8, 4) is 0 Å². The van der Waals surface area contributed by atoms with E-state index in [1.165, 1.54) is 9.58 Å². The fourth-order valence-electron chi connectivity index (χ4n) is 1.29. The van der Waals surface area contributed by atoms with Crippen LogP contribution in [0.5, 0.6) is 0 Å². The summed E-state index contributed by atoms with van der Waals surface area (Å²) in [5, 5.41) is 6.93. The third-order valence-electron chi connectivity index (χ3n) is 2.35. The van der Waals surface area contributed by atoms with Gasteiger partial charge in [0.15, 0.2) is 0 Å². The van der Waals surface area contributed by atoms with Crippen LogP contribution in [0.3, 0.4) is 0 Å². The highest BCUT2D eigenvalue weighted by Gasteiger charge is 2.10. The Labute approximate surface area is 114 Å². The van der Waals surface area contributed by atoms with Gasteiger partial charge in [0.05, 0.1) is 18.4 Å². The Kier molecular flexibility index (Phi) is 5.33. The van der Waals surface area contributed by atoms with Crippen LogP contribution in [0.25, 0.3) is 0 Å². The highest BCUT2D eigenvalue weighted by molar-refractivity contribution is 9.10. The van der Waals surface area contributed by atoms with E-state index in [1.807, 2.05) is 6.92 Å². The first-order valence-corrected chi connectivity index (χ1v) is 6.46. The average molecular weight is 317 g/mol. The van der Waals surface area contributed by atoms with Crippen molar-refractivity contribution < 1.29 is 4.79 Å². The Morgan fingerprint density at radius 1 is 1.56 bits per heavy atom. The molecule has 1 rings (SSSR count). The lowest BCUT2D eigenvalue weighted by Gasteiger charge is -2.13. The molecule has 0 saturated heterocycles. The Bertz CT molecular complexity index is 484. The number of rotatable bonds is 5. The molecule has 100 valence electrons. The van der Waals surface area contributed by atoms with E-state index in [0.29, 0.717) is 16.7 Å². The van der Waals surface area contributed by atoms with Gasteiger partial charge in [-0.2, -0.15) is 5.10 Å². The molecule has 18 heavy (non-hydrogen) atoms. The molecule has 6 nitrogen and oxygen atoms in total. The summed E-state index contributed by atoms with van der Waals surface area (Å²) in [4.78, 5) is 24.8. The molecule has 1 aromatic rings. The SMILES string of the molecule is CCCn1ncc(NCC(=O)N(C)C)c(Br)c1=O. The number of amides is 1. The highest BCUT2D eigenvalue weighted by atomic mass is 79.9. The van der Waals surface area contributed by atoms with E-state index in [4.69, 9.17) is 0 Å². The number of carbonyl (C=O) groups is 1. The molecule has 0 aliphatic heterocycles. The second-order valence-corrected chi connectivity index (χ2v) is 4.84. The number of aryl methyl sites for hydroxylation is 1. The zero-order valence-electron chi connectivity index (χ0n) is 10.7. The molecule has 0 radical (unpaired) electrons. The van der Waals surface area contributed by atoms with Crippen molar-refractivity contribution in [2.45, 2.75) is 19.9 Å². The number of nitrogens with zero attached hydrogens (tertiary/aromatic N) is 3. The van der Waals surface area contributed by atoms with Gasteiger partial charge in [0.1, 0.15) is 4.47 Å². The average Bonchev–Trinajstić information content (AvgIpc) is 2.33. The molecular formula is C11H17BrN4O2. The van der Waals surface area contributed by atoms with E-state index in [1.54, 1.807) is 20.3 Å². The monoisotopic (exact) mass is 316 g/mol. The summed E-state index contributed by atoms with van der Waals surface area (Å²) in [5.41, 5.74) is 0.335. The van der Waals surface area contributed by atoms with Crippen LogP contribution in [0.2, 0.25) is 0 Å². The number of nitrogens with one attached hydrogen (secondary N) is 1. The van der Waals surface area contributed by atoms with E-state index in [9.17, 15) is 9.59 Å². The van der Waals surface area contributed by atoms with E-state index in [0.717, 1.165) is 6.42 Å². The van der Waals surface area contributed by atoms with Crippen LogP contribution >= 0.6 is 15.9 Å². The van der Waals surface area contributed by atoms with Crippen LogP contribution < -0.4 is 10.9 Å². The second kappa shape index (κ2) is 6.53. The molecule has 0 aliphatic carbocycles. The minimum Gasteiger partial charge on any atom is -0.374 e. The van der Waals surface area contributed by atoms with E-state index in [-0.39, 0.29) is 18.0 Å². The molecule has 1 aromatic heterocycles. The summed E-state index contributed by atoms with van der Waals surface area (Å²) >= 11 is 3.23. The van der Waals surface area contributed by atoms with Gasteiger partial charge < -0.3 is 10.2 Å². The normalized spacial score (nSPS) is 10.2. The lowest BCUT2D eigenvalue weighted by molar-refractivity contribution is -0.126. The Balaban J connectivity index is 2.83. The highest BCUT2D eigenvalue weighted by Crippen LogP contribution is 2.15. The predicted octanol–water partition coefficient (Wildman–Crippen LogP) is 0.916. The van der Waals surface area contributed by atoms with Crippen LogP contribution in [0.15, 0.2) is 15.5 Å². The van der Waals surface area contributed by atoms with Crippen molar-refractivity contribution in [2.75, 3.05) is 26.0 Å². The van der Waals surface area contributed by atoms with Gasteiger partial charge in [-0.15, -0.1) is 0 Å². The third-order valence-corrected chi connectivity index (χ3v) is 3.12. The molecule has 1 N–H and O–H groups in total. The van der Waals surface area contributed by atoms with E-state index in [2.05, 4.69) is 26.3 Å². The zero-order chi connectivity index (χ0) is 13.7. The molecule has 0 saturated carbocycles. The van der Waals surface area contributed by atoms with Crippen LogP contribution in [0.1, 0.15) is 13.3 Å². The summed E-state index contributed by atoms with van der Waals surface area (Å²) in [6.07, 6.45) is 2.38. The zero-order valence-corrected chi connectivity index (χ0v) is 12.3. The van der Waals surface area contributed by atoms with Gasteiger partial charge in [0, 0.05) is 20.6 Å². The first kappa shape index (κ1) is 14.7. The molecule has 0 unspecified atom stereocenters. The van der Waals surface area contributed by atoms with Gasteiger partial charge in [-0.1, -0.05) is 6.92 Å². The third kappa shape index (κ3) is 3.56. The van der Waals surface area contributed by atoms with Crippen molar-refractivity contribution in [3.63, 3.8) is 0 Å². The van der Waals surface area contributed by atoms with Crippen LogP contribution in [0.4, 0.5) is 5.69 Å². The number of likely N-dealkylation sites (N-methyl/N-ethyl adjacent to an activating group) is 1. The second-order valence-electron chi connectivity index (χ2n) is 4.04. The maximum absolute atomic E-state index is 11.9. The summed E-state index contributed by atoms with van der Waals surface area (Å²) < 4.78 is 1.79. The summed E-state index contributed by atoms with van der Waals surface area (Å²) in [6.45, 7) is 2.68. The first-order valence-electron chi connectivity index (χ1n) is 5.67. The van der Waals surface area contributed by atoms with Crippen molar-refractivity contribution in [2.24, 2.45) is 0 Å². The Hall–Kier alpha value is -1.37. The van der Waals surface area contributed by atoms with Gasteiger partial charge in [0.25, 0.3) is 5.56 Å². The van der Waals surface area contributed by atoms with E-state index < -0.39 is 0 Å². The topological polar surface area (TPSA) is 67.2 Å². The number of hydrogen-bond donors (Lipinski definition) is 1. The van der Waals surface area contributed by atoms with Gasteiger partial charge in [0.2, 0.25) is 5.91 Å². The van der Waals surface area contributed by atoms with Crippen LogP contribution in [0, 0.1) is 0 Å². The fraction of sp³-hybridized carbons (Fsp3) is 0.545. The molecule has 0 atom stereocenters. The summed E-state index contributed by atoms with van der Waals surface area (Å²) in [7, 11) is 3.35. The van der Waals surface area contributed by atoms with Crippen LogP contribution in [-0.2, 0) is 11.3 Å². The summed E-state index contributed by atoms with van der Waals surface area (Å²) in [6, 6.07) is 0. The molecule has 1 amide bonds. The Morgan fingerprint density at radius 2 is 2.22 bits per heavy atom. The number of carbonyl (C=O) groups excluding carboxylic acids is 1. The van der Waals surface area contributed by atoms with E-state index >= 15 is 0 Å². The quantitative estimate of drug-likeness (QED) is 0.877. The van der Waals surface area contributed by atoms with Gasteiger partial charge in [-0.25, -0.2) is 4.68 Å². The van der Waals surface area contributed by atoms with Crippen molar-refractivity contribution in [1.82, 2.24) is 14.7 Å². The van der Waals surface area contributed by atoms with Crippen LogP contribution in [-0.4, -0.2) is 41.2 Å². The molecule has 0 spiro atoms. The fourth-order valence-corrected chi connectivity index (χ4v) is 1.74. The smallest absolute Gasteiger partial charge is 0.283 e. The molecule has 0 aliphatic rings. The first-order chi connectivity index (χ1) is 8.47. The number of halogens is 1. The van der Waals surface area contributed by atoms with Crippen molar-refractivity contribution >= 4 is 27.5 Å². The lowest BCUT2D eigenvalue weighted by atomic mass is 10.4. The lowest BCUT2D eigenvalue weighted by Crippen LogP contribution is -2.30. The predicted molar refractivity (Wildman–Crippen MR) is 73.7 cm³/mol. The maximum Gasteiger partial charge on any atom is 0.283 e. The maximum atomic E-state index is 11.9. The standard InChI is InChI=1S/C11H17BrN4O2/c1-4-5-16-11(18)10(12)8(6-14-16)13-7-9(17)15(2)3/h6,13H,4-5,7H2,1-3H3. The molecule has 7 heteroatoms. The number of hydrogen-bond acceptors (Lipinski definition) is 4. The van der Waals surface area contributed by atoms with Gasteiger partial charge in [-0.3, -0.25) is 9.59 Å². The molecule has 0 aromatic carbocycles. The number of aromatic nitrogens is 2. The largest absolute Gasteiger partial charge is 0.374 e. The van der Waals surface area contributed by atoms with Crippen molar-refractivity contribution in [3.05, 3.63) is 21.0 Å².